The van der Waals surface area contributed by atoms with Crippen LogP contribution in [0.15, 0.2) is 0 Å². The summed E-state index contributed by atoms with van der Waals surface area (Å²) >= 11 is 0. The molecule has 2 atom stereocenters. The molecule has 1 rings (SSSR count). The molecule has 0 aromatic heterocycles. The van der Waals surface area contributed by atoms with Crippen LogP contribution in [0.5, 0.6) is 0 Å². The predicted octanol–water partition coefficient (Wildman–Crippen LogP) is 1.45. The molecule has 0 saturated carbocycles. The number of hydrogen-bond acceptors (Lipinski definition) is 3. The summed E-state index contributed by atoms with van der Waals surface area (Å²) in [7, 11) is 0. The molecular formula is C13H26N2O2. The number of nitrogens with one attached hydrogen (secondary N) is 2. The average molecular weight is 242 g/mol. The zero-order chi connectivity index (χ0) is 12.7. The van der Waals surface area contributed by atoms with Gasteiger partial charge in [0.25, 0.3) is 0 Å². The van der Waals surface area contributed by atoms with Crippen LogP contribution in [0, 0.1) is 0 Å². The second-order valence-electron chi connectivity index (χ2n) is 4.79. The molecule has 17 heavy (non-hydrogen) atoms. The highest BCUT2D eigenvalue weighted by Gasteiger charge is 2.19. The normalized spacial score (nSPS) is 21.8. The molecule has 1 amide bonds. The molecule has 2 unspecified atom stereocenters. The Morgan fingerprint density at radius 1 is 1.47 bits per heavy atom. The molecule has 2 N–H and O–H groups in total. The number of carbonyl (C=O) groups excluding carboxylic acids is 1. The van der Waals surface area contributed by atoms with Crippen molar-refractivity contribution in [3.8, 4) is 0 Å². The molecule has 1 aliphatic rings. The molecule has 0 radical (unpaired) electrons. The van der Waals surface area contributed by atoms with E-state index in [2.05, 4.69) is 24.5 Å². The molecule has 100 valence electrons. The Kier molecular flexibility index (Phi) is 6.52. The van der Waals surface area contributed by atoms with Crippen molar-refractivity contribution in [2.24, 2.45) is 0 Å². The first-order valence-corrected chi connectivity index (χ1v) is 6.82. The maximum Gasteiger partial charge on any atom is 0.249 e. The van der Waals surface area contributed by atoms with E-state index in [9.17, 15) is 4.79 Å². The van der Waals surface area contributed by atoms with E-state index in [1.165, 1.54) is 6.42 Å². The van der Waals surface area contributed by atoms with Crippen molar-refractivity contribution >= 4 is 5.91 Å². The van der Waals surface area contributed by atoms with Crippen LogP contribution in [0.2, 0.25) is 0 Å². The summed E-state index contributed by atoms with van der Waals surface area (Å²) in [6.07, 6.45) is 3.96. The van der Waals surface area contributed by atoms with Gasteiger partial charge in [-0.05, 0) is 39.2 Å². The first kappa shape index (κ1) is 14.5. The van der Waals surface area contributed by atoms with E-state index in [1.54, 1.807) is 0 Å². The fraction of sp³-hybridized carbons (Fsp3) is 0.923. The van der Waals surface area contributed by atoms with Crippen molar-refractivity contribution in [1.82, 2.24) is 10.6 Å². The first-order chi connectivity index (χ1) is 8.17. The van der Waals surface area contributed by atoms with Crippen molar-refractivity contribution in [2.45, 2.75) is 64.6 Å². The molecule has 1 heterocycles. The molecule has 0 spiro atoms. The Morgan fingerprint density at radius 3 is 2.71 bits per heavy atom. The van der Waals surface area contributed by atoms with E-state index in [0.29, 0.717) is 12.6 Å². The van der Waals surface area contributed by atoms with Gasteiger partial charge in [-0.15, -0.1) is 0 Å². The lowest BCUT2D eigenvalue weighted by molar-refractivity contribution is -0.132. The quantitative estimate of drug-likeness (QED) is 0.710. The minimum atomic E-state index is -0.349. The van der Waals surface area contributed by atoms with Gasteiger partial charge in [0.1, 0.15) is 6.10 Å². The third-order valence-corrected chi connectivity index (χ3v) is 3.41. The van der Waals surface area contributed by atoms with Crippen LogP contribution in [0.3, 0.4) is 0 Å². The largest absolute Gasteiger partial charge is 0.367 e. The third kappa shape index (κ3) is 5.04. The summed E-state index contributed by atoms with van der Waals surface area (Å²) < 4.78 is 5.60. The van der Waals surface area contributed by atoms with Gasteiger partial charge in [0.2, 0.25) is 5.91 Å². The van der Waals surface area contributed by atoms with Gasteiger partial charge in [-0.3, -0.25) is 4.79 Å². The number of rotatable bonds is 7. The van der Waals surface area contributed by atoms with Crippen LogP contribution in [0.1, 0.15) is 46.5 Å². The highest BCUT2D eigenvalue weighted by atomic mass is 16.5. The summed E-state index contributed by atoms with van der Waals surface area (Å²) in [5.41, 5.74) is 0. The highest BCUT2D eigenvalue weighted by molar-refractivity contribution is 5.80. The summed E-state index contributed by atoms with van der Waals surface area (Å²) in [5.74, 6) is 0.0108. The number of carbonyl (C=O) groups is 1. The maximum absolute atomic E-state index is 11.8. The molecule has 0 aliphatic carbocycles. The van der Waals surface area contributed by atoms with E-state index >= 15 is 0 Å². The van der Waals surface area contributed by atoms with Crippen molar-refractivity contribution in [1.29, 1.82) is 0 Å². The smallest absolute Gasteiger partial charge is 0.249 e. The maximum atomic E-state index is 11.8. The lowest BCUT2D eigenvalue weighted by Gasteiger charge is -2.20. The Bertz CT molecular complexity index is 223. The van der Waals surface area contributed by atoms with E-state index in [-0.39, 0.29) is 18.1 Å². The fourth-order valence-corrected chi connectivity index (χ4v) is 2.05. The van der Waals surface area contributed by atoms with Crippen LogP contribution in [0.4, 0.5) is 0 Å². The second-order valence-corrected chi connectivity index (χ2v) is 4.79. The standard InChI is InChI=1S/C13H26N2O2/c1-4-11(5-2)15-13(16)10(3)17-9-12-7-6-8-14-12/h10-12,14H,4-9H2,1-3H3,(H,15,16). The van der Waals surface area contributed by atoms with Crippen molar-refractivity contribution in [3.05, 3.63) is 0 Å². The minimum Gasteiger partial charge on any atom is -0.367 e. The predicted molar refractivity (Wildman–Crippen MR) is 69.0 cm³/mol. The average Bonchev–Trinajstić information content (AvgIpc) is 2.85. The summed E-state index contributed by atoms with van der Waals surface area (Å²) in [6, 6.07) is 0.705. The monoisotopic (exact) mass is 242 g/mol. The number of hydrogen-bond donors (Lipinski definition) is 2. The van der Waals surface area contributed by atoms with Crippen molar-refractivity contribution in [3.63, 3.8) is 0 Å². The van der Waals surface area contributed by atoms with Crippen LogP contribution in [0.25, 0.3) is 0 Å². The minimum absolute atomic E-state index is 0.0108. The van der Waals surface area contributed by atoms with Crippen molar-refractivity contribution < 1.29 is 9.53 Å². The zero-order valence-corrected chi connectivity index (χ0v) is 11.3. The number of amides is 1. The van der Waals surface area contributed by atoms with Gasteiger partial charge >= 0.3 is 0 Å². The van der Waals surface area contributed by atoms with E-state index in [1.807, 2.05) is 6.92 Å². The molecule has 0 bridgehead atoms. The van der Waals surface area contributed by atoms with Crippen LogP contribution in [-0.4, -0.2) is 37.2 Å². The lowest BCUT2D eigenvalue weighted by atomic mass is 10.1. The topological polar surface area (TPSA) is 50.4 Å². The summed E-state index contributed by atoms with van der Waals surface area (Å²) in [5, 5.41) is 6.36. The molecule has 0 aromatic rings. The van der Waals surface area contributed by atoms with E-state index in [4.69, 9.17) is 4.74 Å². The van der Waals surface area contributed by atoms with E-state index < -0.39 is 0 Å². The van der Waals surface area contributed by atoms with Gasteiger partial charge < -0.3 is 15.4 Å². The third-order valence-electron chi connectivity index (χ3n) is 3.41. The molecule has 4 nitrogen and oxygen atoms in total. The van der Waals surface area contributed by atoms with Gasteiger partial charge in [-0.1, -0.05) is 13.8 Å². The van der Waals surface area contributed by atoms with Gasteiger partial charge in [0.15, 0.2) is 0 Å². The molecule has 1 aliphatic heterocycles. The highest BCUT2D eigenvalue weighted by Crippen LogP contribution is 2.06. The molecule has 0 aromatic carbocycles. The SMILES string of the molecule is CCC(CC)NC(=O)C(C)OCC1CCCN1. The van der Waals surface area contributed by atoms with Gasteiger partial charge in [-0.2, -0.15) is 0 Å². The summed E-state index contributed by atoms with van der Waals surface area (Å²) in [6.45, 7) is 7.71. The lowest BCUT2D eigenvalue weighted by Crippen LogP contribution is -2.42. The first-order valence-electron chi connectivity index (χ1n) is 6.82. The van der Waals surface area contributed by atoms with E-state index in [0.717, 1.165) is 25.8 Å². The van der Waals surface area contributed by atoms with Gasteiger partial charge in [0, 0.05) is 12.1 Å². The van der Waals surface area contributed by atoms with Gasteiger partial charge in [0.05, 0.1) is 6.61 Å². The molecule has 1 saturated heterocycles. The van der Waals surface area contributed by atoms with Crippen LogP contribution >= 0.6 is 0 Å². The Balaban J connectivity index is 2.21. The van der Waals surface area contributed by atoms with Crippen LogP contribution in [-0.2, 0) is 9.53 Å². The summed E-state index contributed by atoms with van der Waals surface area (Å²) in [4.78, 5) is 11.8. The zero-order valence-electron chi connectivity index (χ0n) is 11.3. The fourth-order valence-electron chi connectivity index (χ4n) is 2.05. The number of ether oxygens (including phenoxy) is 1. The van der Waals surface area contributed by atoms with Crippen molar-refractivity contribution in [2.75, 3.05) is 13.2 Å². The Hall–Kier alpha value is -0.610. The second kappa shape index (κ2) is 7.67. The molecule has 1 fully saturated rings. The molecular weight excluding hydrogens is 216 g/mol. The molecule has 4 heteroatoms. The van der Waals surface area contributed by atoms with Crippen LogP contribution < -0.4 is 10.6 Å². The van der Waals surface area contributed by atoms with Gasteiger partial charge in [-0.25, -0.2) is 0 Å². The Labute approximate surface area is 104 Å². The Morgan fingerprint density at radius 2 is 2.18 bits per heavy atom.